The molecule has 4 heteroatoms. The molecular weight excluding hydrogens is 218 g/mol. The fourth-order valence-corrected chi connectivity index (χ4v) is 1.46. The molecule has 0 heterocycles. The second-order valence-corrected chi connectivity index (χ2v) is 3.37. The first-order valence-corrected chi connectivity index (χ1v) is 5.16. The molecule has 0 radical (unpaired) electrons. The fraction of sp³-hybridized carbons (Fsp3) is 0.231. The Labute approximate surface area is 99.9 Å². The lowest BCUT2D eigenvalue weighted by Crippen LogP contribution is -2.32. The van der Waals surface area contributed by atoms with Crippen LogP contribution in [-0.2, 0) is 0 Å². The Kier molecular flexibility index (Phi) is 4.29. The Balaban J connectivity index is 3.12. The van der Waals surface area contributed by atoms with Crippen LogP contribution in [-0.4, -0.2) is 35.0 Å². The minimum absolute atomic E-state index is 0.00651. The summed E-state index contributed by atoms with van der Waals surface area (Å²) in [6.07, 6.45) is 5.16. The van der Waals surface area contributed by atoms with Crippen LogP contribution >= 0.6 is 0 Å². The molecule has 4 nitrogen and oxygen atoms in total. The fourth-order valence-electron chi connectivity index (χ4n) is 1.46. The SMILES string of the molecule is C#CCN(CC)C(=O)c1ccccc1C(=O)O. The zero-order valence-electron chi connectivity index (χ0n) is 9.51. The third kappa shape index (κ3) is 2.85. The number of amides is 1. The van der Waals surface area contributed by atoms with Gasteiger partial charge >= 0.3 is 5.97 Å². The van der Waals surface area contributed by atoms with Crippen molar-refractivity contribution in [3.8, 4) is 12.3 Å². The lowest BCUT2D eigenvalue weighted by atomic mass is 10.1. The van der Waals surface area contributed by atoms with E-state index in [-0.39, 0.29) is 23.6 Å². The lowest BCUT2D eigenvalue weighted by Gasteiger charge is -2.18. The molecule has 0 unspecified atom stereocenters. The number of carbonyl (C=O) groups excluding carboxylic acids is 1. The highest BCUT2D eigenvalue weighted by Crippen LogP contribution is 2.11. The quantitative estimate of drug-likeness (QED) is 0.798. The molecule has 0 aliphatic carbocycles. The molecule has 1 aromatic carbocycles. The Hall–Kier alpha value is -2.28. The third-order valence-electron chi connectivity index (χ3n) is 2.34. The van der Waals surface area contributed by atoms with E-state index in [0.29, 0.717) is 6.54 Å². The number of nitrogens with zero attached hydrogens (tertiary/aromatic N) is 1. The van der Waals surface area contributed by atoms with Gasteiger partial charge < -0.3 is 10.0 Å². The number of hydrogen-bond acceptors (Lipinski definition) is 2. The van der Waals surface area contributed by atoms with Gasteiger partial charge in [0.15, 0.2) is 0 Å². The van der Waals surface area contributed by atoms with Gasteiger partial charge in [-0.2, -0.15) is 0 Å². The molecule has 88 valence electrons. The van der Waals surface area contributed by atoms with Gasteiger partial charge in [-0.25, -0.2) is 4.79 Å². The molecule has 0 spiro atoms. The number of carboxylic acids is 1. The zero-order chi connectivity index (χ0) is 12.8. The van der Waals surface area contributed by atoms with E-state index in [4.69, 9.17) is 11.5 Å². The summed E-state index contributed by atoms with van der Waals surface area (Å²) in [5.74, 6) is 0.898. The van der Waals surface area contributed by atoms with E-state index < -0.39 is 5.97 Å². The van der Waals surface area contributed by atoms with Crippen LogP contribution in [0.1, 0.15) is 27.6 Å². The molecule has 0 bridgehead atoms. The summed E-state index contributed by atoms with van der Waals surface area (Å²) in [5.41, 5.74) is 0.157. The first-order chi connectivity index (χ1) is 8.11. The summed E-state index contributed by atoms with van der Waals surface area (Å²) >= 11 is 0. The van der Waals surface area contributed by atoms with Crippen LogP contribution in [0.4, 0.5) is 0 Å². The molecule has 0 aliphatic heterocycles. The number of terminal acetylenes is 1. The number of hydrogen-bond donors (Lipinski definition) is 1. The molecule has 0 fully saturated rings. The van der Waals surface area contributed by atoms with E-state index in [0.717, 1.165) is 0 Å². The van der Waals surface area contributed by atoms with Gasteiger partial charge in [-0.05, 0) is 19.1 Å². The average Bonchev–Trinajstić information content (AvgIpc) is 2.35. The van der Waals surface area contributed by atoms with Gasteiger partial charge in [-0.3, -0.25) is 4.79 Å². The predicted octanol–water partition coefficient (Wildman–Crippen LogP) is 1.48. The molecule has 0 aliphatic rings. The maximum atomic E-state index is 12.1. The second-order valence-electron chi connectivity index (χ2n) is 3.37. The van der Waals surface area contributed by atoms with Crippen LogP contribution < -0.4 is 0 Å². The van der Waals surface area contributed by atoms with Gasteiger partial charge in [0.25, 0.3) is 5.91 Å². The van der Waals surface area contributed by atoms with Crippen molar-refractivity contribution in [1.29, 1.82) is 0 Å². The van der Waals surface area contributed by atoms with E-state index >= 15 is 0 Å². The van der Waals surface area contributed by atoms with Crippen molar-refractivity contribution < 1.29 is 14.7 Å². The van der Waals surface area contributed by atoms with Gasteiger partial charge in [0.2, 0.25) is 0 Å². The van der Waals surface area contributed by atoms with Crippen LogP contribution in [0.15, 0.2) is 24.3 Å². The predicted molar refractivity (Wildman–Crippen MR) is 63.8 cm³/mol. The van der Waals surface area contributed by atoms with Gasteiger partial charge in [0.05, 0.1) is 17.7 Å². The van der Waals surface area contributed by atoms with Crippen LogP contribution in [0.2, 0.25) is 0 Å². The summed E-state index contributed by atoms with van der Waals surface area (Å²) in [5, 5.41) is 8.99. The van der Waals surface area contributed by atoms with Gasteiger partial charge in [-0.15, -0.1) is 6.42 Å². The summed E-state index contributed by atoms with van der Waals surface area (Å²) in [6.45, 7) is 2.40. The molecular formula is C13H13NO3. The zero-order valence-corrected chi connectivity index (χ0v) is 9.51. The Morgan fingerprint density at radius 2 is 1.94 bits per heavy atom. The van der Waals surface area contributed by atoms with Crippen LogP contribution in [0.5, 0.6) is 0 Å². The van der Waals surface area contributed by atoms with Crippen molar-refractivity contribution in [2.45, 2.75) is 6.92 Å². The standard InChI is InChI=1S/C13H13NO3/c1-3-9-14(4-2)12(15)10-7-5-6-8-11(10)13(16)17/h1,5-8H,4,9H2,2H3,(H,16,17). The van der Waals surface area contributed by atoms with E-state index in [1.165, 1.54) is 17.0 Å². The molecule has 1 N–H and O–H groups in total. The summed E-state index contributed by atoms with van der Waals surface area (Å²) in [4.78, 5) is 24.5. The van der Waals surface area contributed by atoms with Crippen molar-refractivity contribution in [3.63, 3.8) is 0 Å². The maximum Gasteiger partial charge on any atom is 0.336 e. The summed E-state index contributed by atoms with van der Waals surface area (Å²) in [6, 6.07) is 6.10. The van der Waals surface area contributed by atoms with Crippen molar-refractivity contribution in [2.24, 2.45) is 0 Å². The molecule has 0 saturated carbocycles. The van der Waals surface area contributed by atoms with E-state index in [2.05, 4.69) is 5.92 Å². The Morgan fingerprint density at radius 3 is 2.41 bits per heavy atom. The molecule has 0 saturated heterocycles. The topological polar surface area (TPSA) is 57.6 Å². The van der Waals surface area contributed by atoms with Crippen LogP contribution in [0.25, 0.3) is 0 Å². The van der Waals surface area contributed by atoms with Crippen molar-refractivity contribution in [3.05, 3.63) is 35.4 Å². The second kappa shape index (κ2) is 5.71. The average molecular weight is 231 g/mol. The van der Waals surface area contributed by atoms with Crippen LogP contribution in [0.3, 0.4) is 0 Å². The van der Waals surface area contributed by atoms with E-state index in [1.807, 2.05) is 0 Å². The first kappa shape index (κ1) is 12.8. The lowest BCUT2D eigenvalue weighted by molar-refractivity contribution is 0.0680. The summed E-state index contributed by atoms with van der Waals surface area (Å²) in [7, 11) is 0. The highest BCUT2D eigenvalue weighted by molar-refractivity contribution is 6.04. The minimum Gasteiger partial charge on any atom is -0.478 e. The summed E-state index contributed by atoms with van der Waals surface area (Å²) < 4.78 is 0. The Bertz CT molecular complexity index is 474. The monoisotopic (exact) mass is 231 g/mol. The Morgan fingerprint density at radius 1 is 1.35 bits per heavy atom. The minimum atomic E-state index is -1.12. The first-order valence-electron chi connectivity index (χ1n) is 5.16. The normalized spacial score (nSPS) is 9.41. The van der Waals surface area contributed by atoms with Gasteiger partial charge in [0, 0.05) is 6.54 Å². The highest BCUT2D eigenvalue weighted by Gasteiger charge is 2.19. The molecule has 1 amide bonds. The number of carbonyl (C=O) groups is 2. The van der Waals surface area contributed by atoms with Crippen molar-refractivity contribution in [2.75, 3.05) is 13.1 Å². The van der Waals surface area contributed by atoms with Crippen LogP contribution in [0, 0.1) is 12.3 Å². The molecule has 17 heavy (non-hydrogen) atoms. The number of rotatable bonds is 4. The molecule has 0 atom stereocenters. The number of benzene rings is 1. The largest absolute Gasteiger partial charge is 0.478 e. The van der Waals surface area contributed by atoms with E-state index in [1.54, 1.807) is 19.1 Å². The molecule has 0 aromatic heterocycles. The molecule has 1 aromatic rings. The van der Waals surface area contributed by atoms with Crippen molar-refractivity contribution >= 4 is 11.9 Å². The van der Waals surface area contributed by atoms with Crippen molar-refractivity contribution in [1.82, 2.24) is 4.90 Å². The van der Waals surface area contributed by atoms with Gasteiger partial charge in [0.1, 0.15) is 0 Å². The smallest absolute Gasteiger partial charge is 0.336 e. The highest BCUT2D eigenvalue weighted by atomic mass is 16.4. The number of aromatic carboxylic acids is 1. The maximum absolute atomic E-state index is 12.1. The molecule has 1 rings (SSSR count). The number of carboxylic acid groups (broad SMARTS) is 1. The van der Waals surface area contributed by atoms with E-state index in [9.17, 15) is 9.59 Å². The third-order valence-corrected chi connectivity index (χ3v) is 2.34. The van der Waals surface area contributed by atoms with Gasteiger partial charge in [-0.1, -0.05) is 18.1 Å².